The van der Waals surface area contributed by atoms with E-state index in [4.69, 9.17) is 4.74 Å². The number of hydrogen-bond donors (Lipinski definition) is 0. The zero-order valence-electron chi connectivity index (χ0n) is 8.61. The van der Waals surface area contributed by atoms with Gasteiger partial charge in [-0.15, -0.1) is 0 Å². The number of benzene rings is 2. The van der Waals surface area contributed by atoms with Crippen molar-refractivity contribution in [2.45, 2.75) is 6.92 Å². The van der Waals surface area contributed by atoms with Crippen molar-refractivity contribution in [3.63, 3.8) is 0 Å². The number of esters is 2. The average Bonchev–Trinajstić information content (AvgIpc) is 2.26. The third-order valence-corrected chi connectivity index (χ3v) is 2.86. The van der Waals surface area contributed by atoms with Crippen LogP contribution in [0.3, 0.4) is 0 Å². The Balaban J connectivity index is 2.58. The summed E-state index contributed by atoms with van der Waals surface area (Å²) in [6.07, 6.45) is 0. The molecular weight excluding hydrogens is 204 g/mol. The van der Waals surface area contributed by atoms with Crippen molar-refractivity contribution in [2.24, 2.45) is 0 Å². The number of carbonyl (C=O) groups excluding carboxylic acids is 2. The van der Waals surface area contributed by atoms with E-state index >= 15 is 0 Å². The number of cyclic esters (lactones) is 2. The van der Waals surface area contributed by atoms with E-state index in [1.165, 1.54) is 0 Å². The highest BCUT2D eigenvalue weighted by atomic mass is 16.6. The summed E-state index contributed by atoms with van der Waals surface area (Å²) in [6.45, 7) is 1.84. The van der Waals surface area contributed by atoms with Crippen LogP contribution in [-0.2, 0) is 4.74 Å². The van der Waals surface area contributed by atoms with Crippen LogP contribution in [0.4, 0.5) is 0 Å². The summed E-state index contributed by atoms with van der Waals surface area (Å²) < 4.78 is 4.71. The van der Waals surface area contributed by atoms with Gasteiger partial charge in [0.25, 0.3) is 0 Å². The molecular formula is C13H8O3. The minimum Gasteiger partial charge on any atom is -0.386 e. The molecule has 1 aliphatic heterocycles. The van der Waals surface area contributed by atoms with Crippen LogP contribution in [0.15, 0.2) is 30.3 Å². The first-order valence-electron chi connectivity index (χ1n) is 4.97. The van der Waals surface area contributed by atoms with Crippen molar-refractivity contribution in [2.75, 3.05) is 0 Å². The topological polar surface area (TPSA) is 43.4 Å². The molecule has 1 heterocycles. The lowest BCUT2D eigenvalue weighted by Gasteiger charge is -2.16. The fourth-order valence-corrected chi connectivity index (χ4v) is 2.11. The van der Waals surface area contributed by atoms with E-state index < -0.39 is 11.9 Å². The third-order valence-electron chi connectivity index (χ3n) is 2.86. The number of aryl methyl sites for hydroxylation is 1. The van der Waals surface area contributed by atoms with Crippen molar-refractivity contribution in [3.8, 4) is 0 Å². The highest BCUT2D eigenvalue weighted by Gasteiger charge is 2.28. The van der Waals surface area contributed by atoms with E-state index in [9.17, 15) is 9.59 Å². The van der Waals surface area contributed by atoms with Gasteiger partial charge in [-0.2, -0.15) is 0 Å². The lowest BCUT2D eigenvalue weighted by molar-refractivity contribution is 0.0391. The third kappa shape index (κ3) is 1.03. The van der Waals surface area contributed by atoms with E-state index in [1.54, 1.807) is 12.1 Å². The van der Waals surface area contributed by atoms with Crippen LogP contribution in [0, 0.1) is 6.92 Å². The standard InChI is InChI=1S/C13H8O3/c1-7-5-6-8-3-2-4-9-11(8)10(7)13(15)16-12(9)14/h2-6H,1H3. The second-order valence-corrected chi connectivity index (χ2v) is 3.84. The van der Waals surface area contributed by atoms with Gasteiger partial charge in [0.2, 0.25) is 0 Å². The zero-order chi connectivity index (χ0) is 11.3. The van der Waals surface area contributed by atoms with Crippen molar-refractivity contribution >= 4 is 22.7 Å². The summed E-state index contributed by atoms with van der Waals surface area (Å²) in [6, 6.07) is 9.11. The van der Waals surface area contributed by atoms with Crippen LogP contribution in [0.5, 0.6) is 0 Å². The van der Waals surface area contributed by atoms with Gasteiger partial charge in [0.1, 0.15) is 0 Å². The molecule has 78 valence electrons. The molecule has 0 aliphatic carbocycles. The van der Waals surface area contributed by atoms with Crippen molar-refractivity contribution in [1.82, 2.24) is 0 Å². The Hall–Kier alpha value is -2.16. The Morgan fingerprint density at radius 2 is 1.81 bits per heavy atom. The zero-order valence-corrected chi connectivity index (χ0v) is 8.61. The maximum atomic E-state index is 11.7. The van der Waals surface area contributed by atoms with E-state index in [0.717, 1.165) is 10.9 Å². The molecule has 0 aromatic heterocycles. The molecule has 0 amide bonds. The van der Waals surface area contributed by atoms with Crippen LogP contribution in [0.1, 0.15) is 26.3 Å². The van der Waals surface area contributed by atoms with Gasteiger partial charge in [0, 0.05) is 5.39 Å². The molecule has 3 rings (SSSR count). The highest BCUT2D eigenvalue weighted by Crippen LogP contribution is 2.30. The van der Waals surface area contributed by atoms with Crippen LogP contribution < -0.4 is 0 Å². The summed E-state index contributed by atoms with van der Waals surface area (Å²) >= 11 is 0. The van der Waals surface area contributed by atoms with E-state index in [2.05, 4.69) is 0 Å². The second-order valence-electron chi connectivity index (χ2n) is 3.84. The fourth-order valence-electron chi connectivity index (χ4n) is 2.11. The minimum absolute atomic E-state index is 0.468. The highest BCUT2D eigenvalue weighted by molar-refractivity contribution is 6.21. The van der Waals surface area contributed by atoms with Gasteiger partial charge in [0.15, 0.2) is 0 Å². The summed E-state index contributed by atoms with van der Waals surface area (Å²) in [4.78, 5) is 23.2. The van der Waals surface area contributed by atoms with Gasteiger partial charge in [-0.05, 0) is 23.9 Å². The molecule has 0 unspecified atom stereocenters. The average molecular weight is 212 g/mol. The van der Waals surface area contributed by atoms with E-state index in [1.807, 2.05) is 25.1 Å². The summed E-state index contributed by atoms with van der Waals surface area (Å²) in [5, 5.41) is 1.60. The Kier molecular flexibility index (Phi) is 1.66. The first kappa shape index (κ1) is 9.09. The summed E-state index contributed by atoms with van der Waals surface area (Å²) in [7, 11) is 0. The minimum atomic E-state index is -0.561. The molecule has 3 nitrogen and oxygen atoms in total. The maximum absolute atomic E-state index is 11.7. The second kappa shape index (κ2) is 2.92. The van der Waals surface area contributed by atoms with Crippen LogP contribution in [0.2, 0.25) is 0 Å². The predicted molar refractivity (Wildman–Crippen MR) is 58.4 cm³/mol. The van der Waals surface area contributed by atoms with Crippen molar-refractivity contribution in [1.29, 1.82) is 0 Å². The molecule has 0 saturated carbocycles. The SMILES string of the molecule is Cc1ccc2cccc3c2c1C(=O)OC3=O. The first-order valence-corrected chi connectivity index (χ1v) is 4.97. The molecule has 2 aromatic rings. The van der Waals surface area contributed by atoms with Gasteiger partial charge >= 0.3 is 11.9 Å². The molecule has 1 aliphatic rings. The lowest BCUT2D eigenvalue weighted by atomic mass is 9.94. The van der Waals surface area contributed by atoms with Gasteiger partial charge in [-0.1, -0.05) is 24.3 Å². The monoisotopic (exact) mass is 212 g/mol. The van der Waals surface area contributed by atoms with Crippen LogP contribution in [-0.4, -0.2) is 11.9 Å². The Labute approximate surface area is 91.6 Å². The molecule has 0 bridgehead atoms. The maximum Gasteiger partial charge on any atom is 0.346 e. The van der Waals surface area contributed by atoms with Gasteiger partial charge in [-0.3, -0.25) is 0 Å². The molecule has 0 fully saturated rings. The van der Waals surface area contributed by atoms with Crippen LogP contribution >= 0.6 is 0 Å². The Morgan fingerprint density at radius 1 is 1.00 bits per heavy atom. The normalized spacial score (nSPS) is 14.1. The van der Waals surface area contributed by atoms with Gasteiger partial charge in [0.05, 0.1) is 11.1 Å². The number of rotatable bonds is 0. The number of hydrogen-bond acceptors (Lipinski definition) is 3. The first-order chi connectivity index (χ1) is 7.68. The van der Waals surface area contributed by atoms with Crippen molar-refractivity contribution in [3.05, 3.63) is 47.0 Å². The number of ether oxygens (including phenoxy) is 1. The lowest BCUT2D eigenvalue weighted by Crippen LogP contribution is -2.20. The smallest absolute Gasteiger partial charge is 0.346 e. The molecule has 16 heavy (non-hydrogen) atoms. The molecule has 0 atom stereocenters. The molecule has 3 heteroatoms. The van der Waals surface area contributed by atoms with Gasteiger partial charge < -0.3 is 4.74 Å². The van der Waals surface area contributed by atoms with E-state index in [0.29, 0.717) is 16.5 Å². The summed E-state index contributed by atoms with van der Waals surface area (Å²) in [5.41, 5.74) is 1.81. The molecule has 0 radical (unpaired) electrons. The molecule has 0 saturated heterocycles. The molecule has 2 aromatic carbocycles. The Morgan fingerprint density at radius 3 is 2.62 bits per heavy atom. The predicted octanol–water partition coefficient (Wildman–Crippen LogP) is 2.46. The Bertz CT molecular complexity index is 641. The molecule has 0 spiro atoms. The van der Waals surface area contributed by atoms with Crippen molar-refractivity contribution < 1.29 is 14.3 Å². The summed E-state index contributed by atoms with van der Waals surface area (Å²) in [5.74, 6) is -1.11. The van der Waals surface area contributed by atoms with Crippen LogP contribution in [0.25, 0.3) is 10.8 Å². The number of carbonyl (C=O) groups is 2. The van der Waals surface area contributed by atoms with Gasteiger partial charge in [-0.25, -0.2) is 9.59 Å². The quantitative estimate of drug-likeness (QED) is 0.497. The van der Waals surface area contributed by atoms with E-state index in [-0.39, 0.29) is 0 Å². The molecule has 0 N–H and O–H groups in total. The fraction of sp³-hybridized carbons (Fsp3) is 0.0769. The largest absolute Gasteiger partial charge is 0.386 e.